The number of nitrogen functional groups attached to an aromatic ring is 1. The Hall–Kier alpha value is -2.06. The van der Waals surface area contributed by atoms with E-state index in [1.807, 2.05) is 6.07 Å². The van der Waals surface area contributed by atoms with Gasteiger partial charge in [-0.15, -0.1) is 0 Å². The quantitative estimate of drug-likeness (QED) is 0.655. The van der Waals surface area contributed by atoms with Crippen molar-refractivity contribution < 1.29 is 4.79 Å². The molecule has 4 N–H and O–H groups in total. The summed E-state index contributed by atoms with van der Waals surface area (Å²) in [6.07, 6.45) is 0.330. The van der Waals surface area contributed by atoms with Crippen LogP contribution in [-0.4, -0.2) is 18.5 Å². The molecule has 1 aromatic rings. The third-order valence-corrected chi connectivity index (χ3v) is 2.61. The molecule has 1 aliphatic heterocycles. The number of amides is 1. The number of hydrogen-bond donors (Lipinski definition) is 2. The summed E-state index contributed by atoms with van der Waals surface area (Å²) in [7, 11) is 0. The van der Waals surface area contributed by atoms with Crippen molar-refractivity contribution in [3.8, 4) is 6.07 Å². The molecule has 1 saturated heterocycles. The largest absolute Gasteiger partial charge is 0.397 e. The van der Waals surface area contributed by atoms with Crippen LogP contribution in [0.1, 0.15) is 12.0 Å². The Bertz CT molecular complexity index is 477. The maximum Gasteiger partial charge on any atom is 0.228 e. The Kier molecular flexibility index (Phi) is 2.50. The van der Waals surface area contributed by atoms with Crippen molar-refractivity contribution in [3.05, 3.63) is 23.8 Å². The van der Waals surface area contributed by atoms with Crippen LogP contribution in [0.15, 0.2) is 18.2 Å². The lowest BCUT2D eigenvalue weighted by Crippen LogP contribution is -2.28. The van der Waals surface area contributed by atoms with Gasteiger partial charge in [0.05, 0.1) is 23.0 Å². The number of anilines is 2. The van der Waals surface area contributed by atoms with Crippen LogP contribution in [-0.2, 0) is 4.79 Å². The van der Waals surface area contributed by atoms with Crippen LogP contribution in [0.5, 0.6) is 0 Å². The van der Waals surface area contributed by atoms with Gasteiger partial charge in [0.2, 0.25) is 5.91 Å². The summed E-state index contributed by atoms with van der Waals surface area (Å²) < 4.78 is 0. The third kappa shape index (κ3) is 1.71. The first-order valence-electron chi connectivity index (χ1n) is 4.97. The van der Waals surface area contributed by atoms with Crippen molar-refractivity contribution in [3.63, 3.8) is 0 Å². The molecule has 0 saturated carbocycles. The van der Waals surface area contributed by atoms with Gasteiger partial charge in [-0.25, -0.2) is 0 Å². The van der Waals surface area contributed by atoms with Gasteiger partial charge in [-0.05, 0) is 18.2 Å². The number of rotatable bonds is 1. The molecule has 0 bridgehead atoms. The number of nitriles is 1. The minimum absolute atomic E-state index is 0.0470. The summed E-state index contributed by atoms with van der Waals surface area (Å²) in [6, 6.07) is 6.73. The molecule has 1 amide bonds. The van der Waals surface area contributed by atoms with Crippen molar-refractivity contribution in [1.82, 2.24) is 0 Å². The normalized spacial score (nSPS) is 19.9. The van der Waals surface area contributed by atoms with Crippen molar-refractivity contribution >= 4 is 17.3 Å². The molecule has 0 aliphatic carbocycles. The molecule has 1 atom stereocenters. The number of carbonyl (C=O) groups is 1. The minimum Gasteiger partial charge on any atom is -0.397 e. The van der Waals surface area contributed by atoms with Gasteiger partial charge < -0.3 is 16.4 Å². The number of nitrogens with two attached hydrogens (primary N) is 2. The Morgan fingerprint density at radius 2 is 2.25 bits per heavy atom. The van der Waals surface area contributed by atoms with Crippen LogP contribution in [0.3, 0.4) is 0 Å². The van der Waals surface area contributed by atoms with Gasteiger partial charge >= 0.3 is 0 Å². The van der Waals surface area contributed by atoms with E-state index < -0.39 is 0 Å². The van der Waals surface area contributed by atoms with Crippen LogP contribution in [0, 0.1) is 11.3 Å². The summed E-state index contributed by atoms with van der Waals surface area (Å²) in [6.45, 7) is 0.456. The fourth-order valence-electron chi connectivity index (χ4n) is 1.82. The highest BCUT2D eigenvalue weighted by Crippen LogP contribution is 2.28. The molecule has 82 valence electrons. The molecule has 1 unspecified atom stereocenters. The van der Waals surface area contributed by atoms with Gasteiger partial charge in [0.25, 0.3) is 0 Å². The van der Waals surface area contributed by atoms with Gasteiger partial charge in [-0.2, -0.15) is 5.26 Å². The Labute approximate surface area is 93.2 Å². The van der Waals surface area contributed by atoms with Gasteiger partial charge in [0.15, 0.2) is 0 Å². The Morgan fingerprint density at radius 1 is 1.50 bits per heavy atom. The summed E-state index contributed by atoms with van der Waals surface area (Å²) in [4.78, 5) is 13.2. The average Bonchev–Trinajstić information content (AvgIpc) is 2.58. The average molecular weight is 216 g/mol. The second kappa shape index (κ2) is 3.83. The summed E-state index contributed by atoms with van der Waals surface area (Å²) >= 11 is 0. The predicted molar refractivity (Wildman–Crippen MR) is 60.5 cm³/mol. The van der Waals surface area contributed by atoms with E-state index in [9.17, 15) is 4.79 Å². The molecular formula is C11H12N4O. The molecule has 0 aromatic heterocycles. The number of hydrogen-bond acceptors (Lipinski definition) is 4. The van der Waals surface area contributed by atoms with E-state index in [-0.39, 0.29) is 11.9 Å². The van der Waals surface area contributed by atoms with E-state index in [0.29, 0.717) is 29.9 Å². The first kappa shape index (κ1) is 10.5. The maximum absolute atomic E-state index is 11.6. The highest BCUT2D eigenvalue weighted by Gasteiger charge is 2.29. The second-order valence-corrected chi connectivity index (χ2v) is 3.85. The first-order chi connectivity index (χ1) is 7.61. The fourth-order valence-corrected chi connectivity index (χ4v) is 1.82. The van der Waals surface area contributed by atoms with Crippen molar-refractivity contribution in [2.45, 2.75) is 12.5 Å². The molecule has 5 heteroatoms. The molecule has 1 aliphatic rings. The molecule has 2 rings (SSSR count). The predicted octanol–water partition coefficient (Wildman–Crippen LogP) is 0.204. The molecule has 0 radical (unpaired) electrons. The smallest absolute Gasteiger partial charge is 0.228 e. The molecule has 1 fully saturated rings. The third-order valence-electron chi connectivity index (χ3n) is 2.61. The first-order valence-corrected chi connectivity index (χ1v) is 4.97. The van der Waals surface area contributed by atoms with E-state index in [1.54, 1.807) is 23.1 Å². The lowest BCUT2D eigenvalue weighted by molar-refractivity contribution is -0.117. The molecule has 16 heavy (non-hydrogen) atoms. The molecular weight excluding hydrogens is 204 g/mol. The van der Waals surface area contributed by atoms with Crippen LogP contribution >= 0.6 is 0 Å². The zero-order valence-electron chi connectivity index (χ0n) is 8.68. The fraction of sp³-hybridized carbons (Fsp3) is 0.273. The van der Waals surface area contributed by atoms with E-state index in [1.165, 1.54) is 0 Å². The van der Waals surface area contributed by atoms with Crippen LogP contribution in [0.2, 0.25) is 0 Å². The number of nitrogens with zero attached hydrogens (tertiary/aromatic N) is 2. The number of carbonyl (C=O) groups excluding carboxylic acids is 1. The lowest BCUT2D eigenvalue weighted by Gasteiger charge is -2.18. The lowest BCUT2D eigenvalue weighted by atomic mass is 10.2. The van der Waals surface area contributed by atoms with Crippen molar-refractivity contribution in [2.24, 2.45) is 5.73 Å². The minimum atomic E-state index is -0.155. The SMILES string of the molecule is N#Cc1ccc(N)c(N2CC(N)CC2=O)c1. The summed E-state index contributed by atoms with van der Waals surface area (Å²) in [5, 5.41) is 8.79. The standard InChI is InChI=1S/C11H12N4O/c12-5-7-1-2-9(14)10(3-7)15-6-8(13)4-11(15)16/h1-3,8H,4,6,13-14H2. The van der Waals surface area contributed by atoms with Crippen LogP contribution in [0.4, 0.5) is 11.4 Å². The summed E-state index contributed by atoms with van der Waals surface area (Å²) in [5.41, 5.74) is 13.0. The van der Waals surface area contributed by atoms with Crippen molar-refractivity contribution in [2.75, 3.05) is 17.2 Å². The van der Waals surface area contributed by atoms with Gasteiger partial charge in [-0.1, -0.05) is 0 Å². The van der Waals surface area contributed by atoms with Gasteiger partial charge in [-0.3, -0.25) is 4.79 Å². The van der Waals surface area contributed by atoms with Crippen LogP contribution in [0.25, 0.3) is 0 Å². The zero-order chi connectivity index (χ0) is 11.7. The van der Waals surface area contributed by atoms with E-state index >= 15 is 0 Å². The molecule has 1 heterocycles. The monoisotopic (exact) mass is 216 g/mol. The molecule has 5 nitrogen and oxygen atoms in total. The topological polar surface area (TPSA) is 96.1 Å². The van der Waals surface area contributed by atoms with Gasteiger partial charge in [0.1, 0.15) is 0 Å². The van der Waals surface area contributed by atoms with E-state index in [4.69, 9.17) is 16.7 Å². The van der Waals surface area contributed by atoms with Crippen LogP contribution < -0.4 is 16.4 Å². The second-order valence-electron chi connectivity index (χ2n) is 3.85. The molecule has 0 spiro atoms. The van der Waals surface area contributed by atoms with E-state index in [2.05, 4.69) is 0 Å². The highest BCUT2D eigenvalue weighted by molar-refractivity contribution is 5.99. The Morgan fingerprint density at radius 3 is 2.81 bits per heavy atom. The maximum atomic E-state index is 11.6. The zero-order valence-corrected chi connectivity index (χ0v) is 8.68. The van der Waals surface area contributed by atoms with E-state index in [0.717, 1.165) is 0 Å². The Balaban J connectivity index is 2.40. The molecule has 1 aromatic carbocycles. The summed E-state index contributed by atoms with van der Waals surface area (Å²) in [5.74, 6) is -0.0470. The number of benzene rings is 1. The van der Waals surface area contributed by atoms with Crippen molar-refractivity contribution in [1.29, 1.82) is 5.26 Å². The highest BCUT2D eigenvalue weighted by atomic mass is 16.2. The van der Waals surface area contributed by atoms with Gasteiger partial charge in [0, 0.05) is 19.0 Å².